The number of carbonyl (C=O) groups excluding carboxylic acids is 2. The first-order valence-corrected chi connectivity index (χ1v) is 2.94. The maximum absolute atomic E-state index is 10.3. The van der Waals surface area contributed by atoms with Crippen molar-refractivity contribution < 1.29 is 36.7 Å². The van der Waals surface area contributed by atoms with Gasteiger partial charge in [-0.05, 0) is 0 Å². The van der Waals surface area contributed by atoms with Crippen LogP contribution in [0.1, 0.15) is 26.7 Å². The molecule has 0 atom stereocenters. The van der Waals surface area contributed by atoms with Gasteiger partial charge in [0, 0.05) is 35.2 Å². The van der Waals surface area contributed by atoms with Gasteiger partial charge >= 0.3 is 11.9 Å². The van der Waals surface area contributed by atoms with Gasteiger partial charge in [0.1, 0.15) is 0 Å². The molecule has 0 aromatic rings. The van der Waals surface area contributed by atoms with Crippen molar-refractivity contribution in [3.05, 3.63) is 0 Å². The van der Waals surface area contributed by atoms with E-state index in [9.17, 15) is 9.59 Å². The summed E-state index contributed by atoms with van der Waals surface area (Å²) in [5, 5.41) is 0. The molecular formula is C6H10AgO3. The third kappa shape index (κ3) is 6.01. The van der Waals surface area contributed by atoms with Crippen LogP contribution in [0.5, 0.6) is 0 Å². The smallest absolute Gasteiger partial charge is 0.313 e. The van der Waals surface area contributed by atoms with E-state index in [1.54, 1.807) is 13.8 Å². The summed E-state index contributed by atoms with van der Waals surface area (Å²) >= 11 is 0. The number of ether oxygens (including phenoxy) is 1. The minimum Gasteiger partial charge on any atom is -0.393 e. The van der Waals surface area contributed by atoms with E-state index in [0.29, 0.717) is 0 Å². The normalized spacial score (nSPS) is 7.80. The Balaban J connectivity index is 0. The Labute approximate surface area is 75.6 Å². The molecular weight excluding hydrogens is 228 g/mol. The number of esters is 2. The van der Waals surface area contributed by atoms with E-state index < -0.39 is 11.9 Å². The number of hydrogen-bond acceptors (Lipinski definition) is 3. The van der Waals surface area contributed by atoms with E-state index in [1.165, 1.54) is 0 Å². The molecule has 0 aliphatic carbocycles. The fraction of sp³-hybridized carbons (Fsp3) is 0.667. The van der Waals surface area contributed by atoms with Crippen LogP contribution < -0.4 is 0 Å². The number of carbonyl (C=O) groups is 2. The van der Waals surface area contributed by atoms with Crippen LogP contribution in [0.15, 0.2) is 0 Å². The molecule has 0 aromatic heterocycles. The Morgan fingerprint density at radius 1 is 1.10 bits per heavy atom. The molecule has 4 heteroatoms. The van der Waals surface area contributed by atoms with Crippen LogP contribution in [0.3, 0.4) is 0 Å². The Morgan fingerprint density at radius 2 is 1.40 bits per heavy atom. The second-order valence-electron chi connectivity index (χ2n) is 1.55. The average molecular weight is 238 g/mol. The molecule has 0 amide bonds. The van der Waals surface area contributed by atoms with Gasteiger partial charge in [0.15, 0.2) is 0 Å². The van der Waals surface area contributed by atoms with Gasteiger partial charge in [0.2, 0.25) is 0 Å². The van der Waals surface area contributed by atoms with Gasteiger partial charge in [-0.1, -0.05) is 13.8 Å². The summed E-state index contributed by atoms with van der Waals surface area (Å²) in [4.78, 5) is 20.7. The zero-order valence-electron chi connectivity index (χ0n) is 5.94. The molecule has 1 radical (unpaired) electrons. The molecule has 0 fully saturated rings. The molecule has 0 bridgehead atoms. The summed E-state index contributed by atoms with van der Waals surface area (Å²) in [6.45, 7) is 3.29. The zero-order valence-corrected chi connectivity index (χ0v) is 7.42. The van der Waals surface area contributed by atoms with Crippen LogP contribution in [-0.4, -0.2) is 11.9 Å². The van der Waals surface area contributed by atoms with E-state index in [1.807, 2.05) is 0 Å². The standard InChI is InChI=1S/C6H10O3.Ag/c1-3-5(7)9-6(8)4-2;/h3-4H2,1-2H3;. The Morgan fingerprint density at radius 3 is 1.60 bits per heavy atom. The second kappa shape index (κ2) is 6.99. The van der Waals surface area contributed by atoms with Gasteiger partial charge in [-0.3, -0.25) is 9.59 Å². The van der Waals surface area contributed by atoms with Crippen molar-refractivity contribution in [1.82, 2.24) is 0 Å². The van der Waals surface area contributed by atoms with E-state index in [2.05, 4.69) is 4.74 Å². The van der Waals surface area contributed by atoms with Crippen LogP contribution in [0.25, 0.3) is 0 Å². The van der Waals surface area contributed by atoms with Gasteiger partial charge in [-0.15, -0.1) is 0 Å². The Hall–Kier alpha value is -0.120. The predicted octanol–water partition coefficient (Wildman–Crippen LogP) is 0.874. The van der Waals surface area contributed by atoms with Crippen LogP contribution in [-0.2, 0) is 36.7 Å². The first-order chi connectivity index (χ1) is 4.20. The summed E-state index contributed by atoms with van der Waals surface area (Å²) in [5.41, 5.74) is 0. The van der Waals surface area contributed by atoms with E-state index >= 15 is 0 Å². The second-order valence-corrected chi connectivity index (χ2v) is 1.55. The summed E-state index contributed by atoms with van der Waals surface area (Å²) in [6, 6.07) is 0. The summed E-state index contributed by atoms with van der Waals surface area (Å²) in [5.74, 6) is -0.913. The maximum atomic E-state index is 10.3. The van der Waals surface area contributed by atoms with E-state index in [0.717, 1.165) is 0 Å². The van der Waals surface area contributed by atoms with Crippen molar-refractivity contribution in [1.29, 1.82) is 0 Å². The molecule has 0 saturated carbocycles. The minimum absolute atomic E-state index is 0. The fourth-order valence-corrected chi connectivity index (χ4v) is 0.271. The molecule has 63 valence electrons. The molecule has 0 spiro atoms. The molecule has 3 nitrogen and oxygen atoms in total. The maximum Gasteiger partial charge on any atom is 0.313 e. The topological polar surface area (TPSA) is 43.4 Å². The van der Waals surface area contributed by atoms with Crippen LogP contribution in [0.4, 0.5) is 0 Å². The van der Waals surface area contributed by atoms with Crippen LogP contribution >= 0.6 is 0 Å². The van der Waals surface area contributed by atoms with Gasteiger partial charge in [-0.25, -0.2) is 0 Å². The molecule has 0 aliphatic rings. The molecule has 0 aromatic carbocycles. The summed E-state index contributed by atoms with van der Waals surface area (Å²) in [6.07, 6.45) is 0.511. The van der Waals surface area contributed by atoms with Crippen molar-refractivity contribution in [2.45, 2.75) is 26.7 Å². The third-order valence-corrected chi connectivity index (χ3v) is 0.805. The SMILES string of the molecule is CCC(=O)OC(=O)CC.[Ag]. The van der Waals surface area contributed by atoms with Crippen molar-refractivity contribution in [2.75, 3.05) is 0 Å². The fourth-order valence-electron chi connectivity index (χ4n) is 0.271. The van der Waals surface area contributed by atoms with Crippen LogP contribution in [0, 0.1) is 0 Å². The van der Waals surface area contributed by atoms with Crippen molar-refractivity contribution in [2.24, 2.45) is 0 Å². The van der Waals surface area contributed by atoms with Crippen molar-refractivity contribution in [3.8, 4) is 0 Å². The summed E-state index contributed by atoms with van der Waals surface area (Å²) in [7, 11) is 0. The Bertz CT molecular complexity index is 108. The zero-order chi connectivity index (χ0) is 7.28. The molecule has 0 N–H and O–H groups in total. The van der Waals surface area contributed by atoms with Crippen molar-refractivity contribution >= 4 is 11.9 Å². The van der Waals surface area contributed by atoms with Crippen molar-refractivity contribution in [3.63, 3.8) is 0 Å². The molecule has 0 heterocycles. The predicted molar refractivity (Wildman–Crippen MR) is 31.7 cm³/mol. The van der Waals surface area contributed by atoms with Gasteiger partial charge in [-0.2, -0.15) is 0 Å². The average Bonchev–Trinajstić information content (AvgIpc) is 1.87. The van der Waals surface area contributed by atoms with Gasteiger partial charge in [0.25, 0.3) is 0 Å². The third-order valence-electron chi connectivity index (χ3n) is 0.805. The molecule has 0 unspecified atom stereocenters. The van der Waals surface area contributed by atoms with Gasteiger partial charge in [0.05, 0.1) is 0 Å². The van der Waals surface area contributed by atoms with E-state index in [-0.39, 0.29) is 35.2 Å². The largest absolute Gasteiger partial charge is 0.393 e. The molecule has 10 heavy (non-hydrogen) atoms. The molecule has 0 aliphatic heterocycles. The first-order valence-electron chi connectivity index (χ1n) is 2.94. The van der Waals surface area contributed by atoms with Gasteiger partial charge < -0.3 is 4.74 Å². The quantitative estimate of drug-likeness (QED) is 0.407. The number of hydrogen-bond donors (Lipinski definition) is 0. The monoisotopic (exact) mass is 237 g/mol. The molecule has 0 rings (SSSR count). The van der Waals surface area contributed by atoms with Crippen LogP contribution in [0.2, 0.25) is 0 Å². The Kier molecular flexibility index (Phi) is 8.77. The van der Waals surface area contributed by atoms with E-state index in [4.69, 9.17) is 0 Å². The minimum atomic E-state index is -0.457. The first kappa shape index (κ1) is 12.5. The number of rotatable bonds is 2. The summed E-state index contributed by atoms with van der Waals surface area (Å²) < 4.78 is 4.27. The molecule has 0 saturated heterocycles.